The maximum atomic E-state index is 10.5. The van der Waals surface area contributed by atoms with Gasteiger partial charge in [0.25, 0.3) is 0 Å². The van der Waals surface area contributed by atoms with E-state index in [0.717, 1.165) is 19.5 Å². The van der Waals surface area contributed by atoms with Gasteiger partial charge < -0.3 is 15.7 Å². The maximum absolute atomic E-state index is 10.5. The summed E-state index contributed by atoms with van der Waals surface area (Å²) >= 11 is 0. The molecule has 1 saturated heterocycles. The zero-order valence-electron chi connectivity index (χ0n) is 8.21. The van der Waals surface area contributed by atoms with Crippen molar-refractivity contribution in [3.05, 3.63) is 0 Å². The van der Waals surface area contributed by atoms with Crippen molar-refractivity contribution >= 4 is 6.09 Å². The molecule has 0 bridgehead atoms. The highest BCUT2D eigenvalue weighted by Crippen LogP contribution is 2.18. The van der Waals surface area contributed by atoms with Gasteiger partial charge in [0.2, 0.25) is 0 Å². The number of amides is 1. The minimum atomic E-state index is -0.911. The van der Waals surface area contributed by atoms with Gasteiger partial charge >= 0.3 is 6.09 Å². The van der Waals surface area contributed by atoms with Crippen LogP contribution in [0.15, 0.2) is 0 Å². The second-order valence-corrected chi connectivity index (χ2v) is 3.97. The van der Waals surface area contributed by atoms with E-state index >= 15 is 0 Å². The Kier molecular flexibility index (Phi) is 3.54. The van der Waals surface area contributed by atoms with Gasteiger partial charge in [0.05, 0.1) is 0 Å². The Hall–Kier alpha value is -0.770. The number of carbonyl (C=O) groups is 1. The van der Waals surface area contributed by atoms with E-state index in [1.807, 2.05) is 0 Å². The van der Waals surface area contributed by atoms with E-state index in [1.54, 1.807) is 0 Å². The third-order valence-corrected chi connectivity index (χ3v) is 2.61. The lowest BCUT2D eigenvalue weighted by molar-refractivity contribution is 0.178. The van der Waals surface area contributed by atoms with Crippen molar-refractivity contribution in [3.8, 4) is 0 Å². The van der Waals surface area contributed by atoms with E-state index in [9.17, 15) is 4.79 Å². The largest absolute Gasteiger partial charge is 0.465 e. The number of carboxylic acid groups (broad SMARTS) is 1. The Bertz CT molecular complexity index is 176. The van der Waals surface area contributed by atoms with Crippen LogP contribution in [0.3, 0.4) is 0 Å². The molecule has 0 radical (unpaired) electrons. The molecule has 1 fully saturated rings. The van der Waals surface area contributed by atoms with Crippen LogP contribution in [0.25, 0.3) is 0 Å². The molecule has 1 rings (SSSR count). The highest BCUT2D eigenvalue weighted by Gasteiger charge is 2.28. The van der Waals surface area contributed by atoms with E-state index in [0.29, 0.717) is 11.8 Å². The first kappa shape index (κ1) is 10.3. The summed E-state index contributed by atoms with van der Waals surface area (Å²) in [6.45, 7) is 6.05. The van der Waals surface area contributed by atoms with Crippen LogP contribution in [0.5, 0.6) is 0 Å². The fourth-order valence-corrected chi connectivity index (χ4v) is 1.95. The zero-order valence-corrected chi connectivity index (χ0v) is 8.21. The Balaban J connectivity index is 2.50. The van der Waals surface area contributed by atoms with Gasteiger partial charge in [0.1, 0.15) is 0 Å². The number of hydrogen-bond donors (Lipinski definition) is 3. The summed E-state index contributed by atoms with van der Waals surface area (Å²) in [6, 6.07) is 0.0903. The molecule has 76 valence electrons. The maximum Gasteiger partial charge on any atom is 0.404 e. The minimum Gasteiger partial charge on any atom is -0.465 e. The van der Waals surface area contributed by atoms with Crippen LogP contribution in [0.2, 0.25) is 0 Å². The molecule has 1 aliphatic rings. The minimum absolute atomic E-state index is 0.0903. The summed E-state index contributed by atoms with van der Waals surface area (Å²) in [7, 11) is 0. The van der Waals surface area contributed by atoms with Crippen molar-refractivity contribution in [2.75, 3.05) is 13.1 Å². The van der Waals surface area contributed by atoms with Crippen LogP contribution in [-0.2, 0) is 0 Å². The van der Waals surface area contributed by atoms with E-state index in [-0.39, 0.29) is 6.04 Å². The molecule has 4 nitrogen and oxygen atoms in total. The summed E-state index contributed by atoms with van der Waals surface area (Å²) in [5.41, 5.74) is 0. The molecular formula is C9H18N2O2. The molecule has 0 aromatic heterocycles. The Morgan fingerprint density at radius 3 is 2.69 bits per heavy atom. The van der Waals surface area contributed by atoms with Gasteiger partial charge in [-0.1, -0.05) is 13.8 Å². The molecule has 0 aromatic carbocycles. The third kappa shape index (κ3) is 2.88. The fourth-order valence-electron chi connectivity index (χ4n) is 1.95. The Morgan fingerprint density at radius 2 is 2.31 bits per heavy atom. The van der Waals surface area contributed by atoms with Crippen LogP contribution >= 0.6 is 0 Å². The quantitative estimate of drug-likeness (QED) is 0.613. The lowest BCUT2D eigenvalue weighted by Crippen LogP contribution is -2.43. The van der Waals surface area contributed by atoms with Gasteiger partial charge in [-0.05, 0) is 31.3 Å². The number of nitrogens with one attached hydrogen (secondary N) is 2. The molecule has 1 aliphatic heterocycles. The normalized spacial score (nSPS) is 24.7. The first-order chi connectivity index (χ1) is 6.11. The van der Waals surface area contributed by atoms with Crippen molar-refractivity contribution < 1.29 is 9.90 Å². The van der Waals surface area contributed by atoms with Crippen molar-refractivity contribution in [3.63, 3.8) is 0 Å². The molecular weight excluding hydrogens is 168 g/mol. The van der Waals surface area contributed by atoms with E-state index in [4.69, 9.17) is 5.11 Å². The van der Waals surface area contributed by atoms with Crippen molar-refractivity contribution in [1.29, 1.82) is 0 Å². The van der Waals surface area contributed by atoms with E-state index < -0.39 is 6.09 Å². The summed E-state index contributed by atoms with van der Waals surface area (Å²) in [4.78, 5) is 10.5. The average Bonchev–Trinajstić information content (AvgIpc) is 2.50. The lowest BCUT2D eigenvalue weighted by Gasteiger charge is -2.26. The van der Waals surface area contributed by atoms with Crippen LogP contribution in [0.4, 0.5) is 4.79 Å². The first-order valence-corrected chi connectivity index (χ1v) is 4.81. The molecule has 1 unspecified atom stereocenters. The molecule has 0 aromatic rings. The molecule has 0 aliphatic carbocycles. The van der Waals surface area contributed by atoms with Gasteiger partial charge in [-0.25, -0.2) is 4.79 Å². The summed E-state index contributed by atoms with van der Waals surface area (Å²) in [5.74, 6) is 0.817. The summed E-state index contributed by atoms with van der Waals surface area (Å²) in [6.07, 6.45) is 0.161. The van der Waals surface area contributed by atoms with E-state index in [1.165, 1.54) is 0 Å². The number of rotatable bonds is 3. The van der Waals surface area contributed by atoms with Gasteiger partial charge in [-0.15, -0.1) is 0 Å². The molecule has 2 atom stereocenters. The topological polar surface area (TPSA) is 61.4 Å². The summed E-state index contributed by atoms with van der Waals surface area (Å²) < 4.78 is 0. The zero-order chi connectivity index (χ0) is 9.84. The molecule has 1 heterocycles. The van der Waals surface area contributed by atoms with Gasteiger partial charge in [0, 0.05) is 6.04 Å². The molecule has 0 saturated carbocycles. The highest BCUT2D eigenvalue weighted by atomic mass is 16.4. The monoisotopic (exact) mass is 186 g/mol. The molecule has 4 heteroatoms. The van der Waals surface area contributed by atoms with Crippen LogP contribution < -0.4 is 10.6 Å². The van der Waals surface area contributed by atoms with Crippen molar-refractivity contribution in [1.82, 2.24) is 10.6 Å². The number of hydrogen-bond acceptors (Lipinski definition) is 2. The second kappa shape index (κ2) is 4.46. The standard InChI is InChI=1S/C9H18N2O2/c1-6(2)8(11-9(12)13)7-3-4-10-5-7/h6-8,10-11H,3-5H2,1-2H3,(H,12,13)/t7?,8-/m1/s1. The smallest absolute Gasteiger partial charge is 0.404 e. The van der Waals surface area contributed by atoms with Gasteiger partial charge in [-0.2, -0.15) is 0 Å². The predicted octanol–water partition coefficient (Wildman–Crippen LogP) is 0.888. The van der Waals surface area contributed by atoms with Gasteiger partial charge in [-0.3, -0.25) is 0 Å². The third-order valence-electron chi connectivity index (χ3n) is 2.61. The van der Waals surface area contributed by atoms with Gasteiger partial charge in [0.15, 0.2) is 0 Å². The SMILES string of the molecule is CC(C)[C@@H](NC(=O)O)C1CCNC1. The predicted molar refractivity (Wildman–Crippen MR) is 50.8 cm³/mol. The molecule has 3 N–H and O–H groups in total. The molecule has 0 spiro atoms. The fraction of sp³-hybridized carbons (Fsp3) is 0.889. The van der Waals surface area contributed by atoms with Crippen molar-refractivity contribution in [2.24, 2.45) is 11.8 Å². The van der Waals surface area contributed by atoms with Crippen molar-refractivity contribution in [2.45, 2.75) is 26.3 Å². The lowest BCUT2D eigenvalue weighted by atomic mass is 9.90. The second-order valence-electron chi connectivity index (χ2n) is 3.97. The molecule has 1 amide bonds. The van der Waals surface area contributed by atoms with E-state index in [2.05, 4.69) is 24.5 Å². The first-order valence-electron chi connectivity index (χ1n) is 4.81. The van der Waals surface area contributed by atoms with Crippen LogP contribution in [0.1, 0.15) is 20.3 Å². The van der Waals surface area contributed by atoms with Crippen LogP contribution in [0, 0.1) is 11.8 Å². The summed E-state index contributed by atoms with van der Waals surface area (Å²) in [5, 5.41) is 14.5. The van der Waals surface area contributed by atoms with Crippen LogP contribution in [-0.4, -0.2) is 30.3 Å². The Labute approximate surface area is 78.7 Å². The molecule has 13 heavy (non-hydrogen) atoms. The Morgan fingerprint density at radius 1 is 1.62 bits per heavy atom. The average molecular weight is 186 g/mol. The highest BCUT2D eigenvalue weighted by molar-refractivity contribution is 5.64.